The summed E-state index contributed by atoms with van der Waals surface area (Å²) in [6, 6.07) is 10.1. The zero-order valence-corrected chi connectivity index (χ0v) is 14.8. The van der Waals surface area contributed by atoms with Crippen LogP contribution in [0.25, 0.3) is 0 Å². The van der Waals surface area contributed by atoms with Crippen molar-refractivity contribution in [2.75, 3.05) is 18.9 Å². The van der Waals surface area contributed by atoms with E-state index < -0.39 is 0 Å². The highest BCUT2D eigenvalue weighted by molar-refractivity contribution is 9.11. The number of hydrogen-bond donors (Lipinski definition) is 1. The molecule has 21 heavy (non-hydrogen) atoms. The van der Waals surface area contributed by atoms with Crippen molar-refractivity contribution in [3.05, 3.63) is 50.1 Å². The molecule has 112 valence electrons. The van der Waals surface area contributed by atoms with E-state index in [9.17, 15) is 4.79 Å². The van der Waals surface area contributed by atoms with Crippen LogP contribution in [0.1, 0.15) is 16.0 Å². The molecule has 5 heteroatoms. The Kier molecular flexibility index (Phi) is 5.56. The molecule has 0 spiro atoms. The van der Waals surface area contributed by atoms with Gasteiger partial charge in [0.1, 0.15) is 0 Å². The molecular formula is C16H19BrN2OS. The smallest absolute Gasteiger partial charge is 0.238 e. The summed E-state index contributed by atoms with van der Waals surface area (Å²) in [5.74, 6) is 0.0156. The molecule has 1 heterocycles. The molecule has 0 saturated carbocycles. The van der Waals surface area contributed by atoms with Crippen molar-refractivity contribution in [1.82, 2.24) is 4.90 Å². The van der Waals surface area contributed by atoms with E-state index in [1.54, 1.807) is 11.3 Å². The molecule has 0 unspecified atom stereocenters. The SMILES string of the molecule is Cc1cccc(NC(=O)CN(C)Cc2ccc(Br)s2)c1C. The summed E-state index contributed by atoms with van der Waals surface area (Å²) in [5.41, 5.74) is 3.20. The number of hydrogen-bond acceptors (Lipinski definition) is 3. The lowest BCUT2D eigenvalue weighted by molar-refractivity contribution is -0.117. The van der Waals surface area contributed by atoms with E-state index in [1.165, 1.54) is 10.4 Å². The summed E-state index contributed by atoms with van der Waals surface area (Å²) in [6.07, 6.45) is 0. The average Bonchev–Trinajstić information content (AvgIpc) is 2.80. The van der Waals surface area contributed by atoms with Crippen molar-refractivity contribution in [3.63, 3.8) is 0 Å². The molecule has 0 aliphatic heterocycles. The van der Waals surface area contributed by atoms with Crippen molar-refractivity contribution < 1.29 is 4.79 Å². The third kappa shape index (κ3) is 4.66. The van der Waals surface area contributed by atoms with Crippen molar-refractivity contribution >= 4 is 38.9 Å². The van der Waals surface area contributed by atoms with Gasteiger partial charge in [-0.25, -0.2) is 0 Å². The zero-order valence-electron chi connectivity index (χ0n) is 12.4. The molecule has 0 saturated heterocycles. The Morgan fingerprint density at radius 3 is 2.71 bits per heavy atom. The lowest BCUT2D eigenvalue weighted by Crippen LogP contribution is -2.29. The summed E-state index contributed by atoms with van der Waals surface area (Å²) in [6.45, 7) is 5.23. The van der Waals surface area contributed by atoms with Gasteiger partial charge in [-0.15, -0.1) is 11.3 Å². The van der Waals surface area contributed by atoms with Gasteiger partial charge in [-0.3, -0.25) is 9.69 Å². The minimum Gasteiger partial charge on any atom is -0.325 e. The minimum absolute atomic E-state index is 0.0156. The number of halogens is 1. The van der Waals surface area contributed by atoms with E-state index in [0.29, 0.717) is 6.54 Å². The number of benzene rings is 1. The lowest BCUT2D eigenvalue weighted by Gasteiger charge is -2.16. The van der Waals surface area contributed by atoms with Crippen LogP contribution in [0.4, 0.5) is 5.69 Å². The number of nitrogens with one attached hydrogen (secondary N) is 1. The van der Waals surface area contributed by atoms with E-state index in [2.05, 4.69) is 27.3 Å². The second kappa shape index (κ2) is 7.20. The topological polar surface area (TPSA) is 32.3 Å². The predicted molar refractivity (Wildman–Crippen MR) is 92.9 cm³/mol. The first-order chi connectivity index (χ1) is 9.95. The van der Waals surface area contributed by atoms with Crippen molar-refractivity contribution in [2.24, 2.45) is 0 Å². The van der Waals surface area contributed by atoms with Crippen LogP contribution in [0, 0.1) is 13.8 Å². The summed E-state index contributed by atoms with van der Waals surface area (Å²) in [5, 5.41) is 2.99. The molecule has 1 N–H and O–H groups in total. The van der Waals surface area contributed by atoms with Crippen LogP contribution in [-0.2, 0) is 11.3 Å². The first-order valence-corrected chi connectivity index (χ1v) is 8.35. The Bertz CT molecular complexity index is 639. The molecule has 0 fully saturated rings. The fourth-order valence-electron chi connectivity index (χ4n) is 2.08. The maximum Gasteiger partial charge on any atom is 0.238 e. The molecule has 0 bridgehead atoms. The standard InChI is InChI=1S/C16H19BrN2OS/c1-11-5-4-6-14(12(11)2)18-16(20)10-19(3)9-13-7-8-15(17)21-13/h4-8H,9-10H2,1-3H3,(H,18,20). The van der Waals surface area contributed by atoms with Crippen molar-refractivity contribution in [2.45, 2.75) is 20.4 Å². The Morgan fingerprint density at radius 2 is 2.05 bits per heavy atom. The van der Waals surface area contributed by atoms with E-state index in [0.717, 1.165) is 21.6 Å². The third-order valence-corrected chi connectivity index (χ3v) is 4.96. The van der Waals surface area contributed by atoms with Gasteiger partial charge in [-0.05, 0) is 66.2 Å². The lowest BCUT2D eigenvalue weighted by atomic mass is 10.1. The number of rotatable bonds is 5. The fraction of sp³-hybridized carbons (Fsp3) is 0.312. The maximum atomic E-state index is 12.1. The largest absolute Gasteiger partial charge is 0.325 e. The van der Waals surface area contributed by atoms with Gasteiger partial charge in [0.05, 0.1) is 10.3 Å². The summed E-state index contributed by atoms with van der Waals surface area (Å²) >= 11 is 5.15. The molecular weight excluding hydrogens is 348 g/mol. The first-order valence-electron chi connectivity index (χ1n) is 6.74. The van der Waals surface area contributed by atoms with Crippen LogP contribution in [0.5, 0.6) is 0 Å². The molecule has 0 aliphatic carbocycles. The van der Waals surface area contributed by atoms with Gasteiger partial charge in [0.15, 0.2) is 0 Å². The van der Waals surface area contributed by atoms with Gasteiger partial charge in [0.2, 0.25) is 5.91 Å². The van der Waals surface area contributed by atoms with Crippen LogP contribution >= 0.6 is 27.3 Å². The monoisotopic (exact) mass is 366 g/mol. The molecule has 2 rings (SSSR count). The van der Waals surface area contributed by atoms with Gasteiger partial charge in [-0.1, -0.05) is 12.1 Å². The van der Waals surface area contributed by atoms with Crippen LogP contribution in [0.2, 0.25) is 0 Å². The van der Waals surface area contributed by atoms with Gasteiger partial charge < -0.3 is 5.32 Å². The third-order valence-electron chi connectivity index (χ3n) is 3.35. The van der Waals surface area contributed by atoms with Gasteiger partial charge in [0.25, 0.3) is 0 Å². The first kappa shape index (κ1) is 16.2. The summed E-state index contributed by atoms with van der Waals surface area (Å²) in [4.78, 5) is 15.4. The van der Waals surface area contributed by atoms with E-state index in [4.69, 9.17) is 0 Å². The van der Waals surface area contributed by atoms with Crippen LogP contribution < -0.4 is 5.32 Å². The highest BCUT2D eigenvalue weighted by Gasteiger charge is 2.10. The second-order valence-corrected chi connectivity index (χ2v) is 7.72. The number of anilines is 1. The molecule has 0 aliphatic rings. The highest BCUT2D eigenvalue weighted by Crippen LogP contribution is 2.23. The number of aryl methyl sites for hydroxylation is 1. The number of carbonyl (C=O) groups is 1. The number of thiophene rings is 1. The Balaban J connectivity index is 1.90. The van der Waals surface area contributed by atoms with Crippen LogP contribution in [-0.4, -0.2) is 24.4 Å². The molecule has 0 radical (unpaired) electrons. The quantitative estimate of drug-likeness (QED) is 0.859. The average molecular weight is 367 g/mol. The number of carbonyl (C=O) groups excluding carboxylic acids is 1. The van der Waals surface area contributed by atoms with Crippen LogP contribution in [0.15, 0.2) is 34.1 Å². The van der Waals surface area contributed by atoms with Gasteiger partial charge in [-0.2, -0.15) is 0 Å². The Morgan fingerprint density at radius 1 is 1.29 bits per heavy atom. The van der Waals surface area contributed by atoms with E-state index in [1.807, 2.05) is 50.1 Å². The van der Waals surface area contributed by atoms with E-state index >= 15 is 0 Å². The maximum absolute atomic E-state index is 12.1. The fourth-order valence-corrected chi connectivity index (χ4v) is 3.64. The van der Waals surface area contributed by atoms with Gasteiger partial charge >= 0.3 is 0 Å². The summed E-state index contributed by atoms with van der Waals surface area (Å²) in [7, 11) is 1.95. The normalized spacial score (nSPS) is 10.9. The molecule has 0 atom stereocenters. The number of nitrogens with zero attached hydrogens (tertiary/aromatic N) is 1. The molecule has 3 nitrogen and oxygen atoms in total. The van der Waals surface area contributed by atoms with Crippen molar-refractivity contribution in [1.29, 1.82) is 0 Å². The summed E-state index contributed by atoms with van der Waals surface area (Å²) < 4.78 is 1.12. The van der Waals surface area contributed by atoms with Gasteiger partial charge in [0, 0.05) is 17.1 Å². The number of likely N-dealkylation sites (N-methyl/N-ethyl adjacent to an activating group) is 1. The predicted octanol–water partition coefficient (Wildman–Crippen LogP) is 4.20. The van der Waals surface area contributed by atoms with Crippen LogP contribution in [0.3, 0.4) is 0 Å². The van der Waals surface area contributed by atoms with E-state index in [-0.39, 0.29) is 5.91 Å². The highest BCUT2D eigenvalue weighted by atomic mass is 79.9. The molecule has 2 aromatic rings. The molecule has 1 aromatic heterocycles. The second-order valence-electron chi connectivity index (χ2n) is 5.17. The minimum atomic E-state index is 0.0156. The Labute approximate surface area is 138 Å². The zero-order chi connectivity index (χ0) is 15.4. The molecule has 1 aromatic carbocycles. The Hall–Kier alpha value is -1.17. The number of amides is 1. The van der Waals surface area contributed by atoms with Crippen molar-refractivity contribution in [3.8, 4) is 0 Å². The molecule has 1 amide bonds.